The maximum Gasteiger partial charge on any atom is 0.241 e. The SMILES string of the molecule is CCCNC(=O)CNC(=O)[C@H](N)c1ccccc1. The average Bonchev–Trinajstić information content (AvgIpc) is 2.42. The van der Waals surface area contributed by atoms with Gasteiger partial charge in [0, 0.05) is 6.54 Å². The highest BCUT2D eigenvalue weighted by molar-refractivity contribution is 5.87. The second-order valence-corrected chi connectivity index (χ2v) is 3.96. The zero-order chi connectivity index (χ0) is 13.4. The number of hydrogen-bond donors (Lipinski definition) is 3. The molecule has 4 N–H and O–H groups in total. The van der Waals surface area contributed by atoms with Crippen LogP contribution in [0.1, 0.15) is 24.9 Å². The molecule has 0 aliphatic heterocycles. The summed E-state index contributed by atoms with van der Waals surface area (Å²) in [6, 6.07) is 8.30. The second-order valence-electron chi connectivity index (χ2n) is 3.96. The van der Waals surface area contributed by atoms with Crippen molar-refractivity contribution in [3.63, 3.8) is 0 Å². The van der Waals surface area contributed by atoms with Gasteiger partial charge in [-0.25, -0.2) is 0 Å². The smallest absolute Gasteiger partial charge is 0.241 e. The van der Waals surface area contributed by atoms with Gasteiger partial charge in [-0.2, -0.15) is 0 Å². The van der Waals surface area contributed by atoms with Crippen LogP contribution in [0, 0.1) is 0 Å². The molecule has 1 rings (SSSR count). The van der Waals surface area contributed by atoms with Gasteiger partial charge in [0.2, 0.25) is 11.8 Å². The predicted octanol–water partition coefficient (Wildman–Crippen LogP) is 0.329. The van der Waals surface area contributed by atoms with Crippen LogP contribution >= 0.6 is 0 Å². The molecule has 2 amide bonds. The van der Waals surface area contributed by atoms with E-state index in [-0.39, 0.29) is 18.4 Å². The van der Waals surface area contributed by atoms with Gasteiger partial charge in [-0.1, -0.05) is 37.3 Å². The molecule has 0 aromatic heterocycles. The molecule has 0 saturated carbocycles. The molecule has 18 heavy (non-hydrogen) atoms. The van der Waals surface area contributed by atoms with E-state index in [2.05, 4.69) is 10.6 Å². The van der Waals surface area contributed by atoms with E-state index in [0.29, 0.717) is 6.54 Å². The van der Waals surface area contributed by atoms with Gasteiger partial charge in [-0.05, 0) is 12.0 Å². The van der Waals surface area contributed by atoms with Gasteiger partial charge in [0.25, 0.3) is 0 Å². The summed E-state index contributed by atoms with van der Waals surface area (Å²) in [4.78, 5) is 23.0. The number of amides is 2. The van der Waals surface area contributed by atoms with Crippen LogP contribution in [0.3, 0.4) is 0 Å². The van der Waals surface area contributed by atoms with Gasteiger partial charge >= 0.3 is 0 Å². The van der Waals surface area contributed by atoms with Crippen molar-refractivity contribution < 1.29 is 9.59 Å². The summed E-state index contributed by atoms with van der Waals surface area (Å²) in [5.41, 5.74) is 6.51. The summed E-state index contributed by atoms with van der Waals surface area (Å²) in [5.74, 6) is -0.557. The molecule has 0 aliphatic carbocycles. The molecule has 0 radical (unpaired) electrons. The quantitative estimate of drug-likeness (QED) is 0.679. The molecular formula is C13H19N3O2. The minimum absolute atomic E-state index is 0.0423. The number of rotatable bonds is 6. The molecule has 5 nitrogen and oxygen atoms in total. The number of carbonyl (C=O) groups is 2. The number of benzene rings is 1. The maximum atomic E-state index is 11.7. The van der Waals surface area contributed by atoms with Crippen molar-refractivity contribution in [3.8, 4) is 0 Å². The minimum Gasteiger partial charge on any atom is -0.355 e. The van der Waals surface area contributed by atoms with Gasteiger partial charge in [0.05, 0.1) is 6.54 Å². The van der Waals surface area contributed by atoms with E-state index in [1.807, 2.05) is 25.1 Å². The van der Waals surface area contributed by atoms with Crippen molar-refractivity contribution in [2.45, 2.75) is 19.4 Å². The zero-order valence-electron chi connectivity index (χ0n) is 10.5. The van der Waals surface area contributed by atoms with Crippen LogP contribution in [0.5, 0.6) is 0 Å². The summed E-state index contributed by atoms with van der Waals surface area (Å²) < 4.78 is 0. The summed E-state index contributed by atoms with van der Waals surface area (Å²) in [7, 11) is 0. The molecule has 0 bridgehead atoms. The van der Waals surface area contributed by atoms with E-state index in [4.69, 9.17) is 5.73 Å². The number of nitrogens with two attached hydrogens (primary N) is 1. The Balaban J connectivity index is 2.39. The van der Waals surface area contributed by atoms with Gasteiger partial charge in [-0.15, -0.1) is 0 Å². The molecule has 1 atom stereocenters. The van der Waals surface area contributed by atoms with Crippen molar-refractivity contribution in [1.29, 1.82) is 0 Å². The monoisotopic (exact) mass is 249 g/mol. The fourth-order valence-electron chi connectivity index (χ4n) is 1.42. The lowest BCUT2D eigenvalue weighted by molar-refractivity contribution is -0.126. The van der Waals surface area contributed by atoms with Gasteiger partial charge in [0.15, 0.2) is 0 Å². The van der Waals surface area contributed by atoms with E-state index >= 15 is 0 Å². The molecular weight excluding hydrogens is 230 g/mol. The molecule has 0 fully saturated rings. The Bertz CT molecular complexity index is 392. The van der Waals surface area contributed by atoms with E-state index < -0.39 is 6.04 Å². The highest BCUT2D eigenvalue weighted by atomic mass is 16.2. The van der Waals surface area contributed by atoms with Crippen molar-refractivity contribution >= 4 is 11.8 Å². The van der Waals surface area contributed by atoms with Gasteiger partial charge < -0.3 is 16.4 Å². The standard InChI is InChI=1S/C13H19N3O2/c1-2-8-15-11(17)9-16-13(18)12(14)10-6-4-3-5-7-10/h3-7,12H,2,8-9,14H2,1H3,(H,15,17)(H,16,18)/t12-/m1/s1. The summed E-state index contributed by atoms with van der Waals surface area (Å²) in [5, 5.41) is 5.19. The maximum absolute atomic E-state index is 11.7. The molecule has 98 valence electrons. The molecule has 0 heterocycles. The minimum atomic E-state index is -0.745. The van der Waals surface area contributed by atoms with E-state index in [1.165, 1.54) is 0 Å². The lowest BCUT2D eigenvalue weighted by atomic mass is 10.1. The van der Waals surface area contributed by atoms with Crippen LogP contribution in [-0.2, 0) is 9.59 Å². The first kappa shape index (κ1) is 14.2. The number of nitrogens with one attached hydrogen (secondary N) is 2. The van der Waals surface area contributed by atoms with Crippen molar-refractivity contribution in [1.82, 2.24) is 10.6 Å². The molecule has 0 aliphatic rings. The highest BCUT2D eigenvalue weighted by Crippen LogP contribution is 2.08. The fourth-order valence-corrected chi connectivity index (χ4v) is 1.42. The van der Waals surface area contributed by atoms with E-state index in [9.17, 15) is 9.59 Å². The Kier molecular flexibility index (Phi) is 5.87. The topological polar surface area (TPSA) is 84.2 Å². The Morgan fingerprint density at radius 3 is 2.50 bits per heavy atom. The van der Waals surface area contributed by atoms with E-state index in [0.717, 1.165) is 12.0 Å². The first-order valence-corrected chi connectivity index (χ1v) is 6.00. The molecule has 0 saturated heterocycles. The van der Waals surface area contributed by atoms with Crippen LogP contribution in [0.4, 0.5) is 0 Å². The van der Waals surface area contributed by atoms with Crippen LogP contribution in [-0.4, -0.2) is 24.9 Å². The molecule has 0 unspecified atom stereocenters. The Morgan fingerprint density at radius 2 is 1.89 bits per heavy atom. The van der Waals surface area contributed by atoms with Gasteiger partial charge in [-0.3, -0.25) is 9.59 Å². The summed E-state index contributed by atoms with van der Waals surface area (Å²) in [6.45, 7) is 2.53. The largest absolute Gasteiger partial charge is 0.355 e. The lowest BCUT2D eigenvalue weighted by Gasteiger charge is -2.12. The second kappa shape index (κ2) is 7.45. The first-order chi connectivity index (χ1) is 8.65. The normalized spacial score (nSPS) is 11.7. The third-order valence-electron chi connectivity index (χ3n) is 2.44. The van der Waals surface area contributed by atoms with Crippen LogP contribution in [0.25, 0.3) is 0 Å². The third-order valence-corrected chi connectivity index (χ3v) is 2.44. The average molecular weight is 249 g/mol. The first-order valence-electron chi connectivity index (χ1n) is 6.00. The summed E-state index contributed by atoms with van der Waals surface area (Å²) >= 11 is 0. The number of carbonyl (C=O) groups excluding carboxylic acids is 2. The predicted molar refractivity (Wildman–Crippen MR) is 69.7 cm³/mol. The Labute approximate surface area is 107 Å². The number of hydrogen-bond acceptors (Lipinski definition) is 3. The van der Waals surface area contributed by atoms with Crippen LogP contribution < -0.4 is 16.4 Å². The van der Waals surface area contributed by atoms with Crippen molar-refractivity contribution in [3.05, 3.63) is 35.9 Å². The Morgan fingerprint density at radius 1 is 1.22 bits per heavy atom. The van der Waals surface area contributed by atoms with Gasteiger partial charge in [0.1, 0.15) is 6.04 Å². The molecule has 0 spiro atoms. The highest BCUT2D eigenvalue weighted by Gasteiger charge is 2.15. The van der Waals surface area contributed by atoms with Crippen LogP contribution in [0.2, 0.25) is 0 Å². The summed E-state index contributed by atoms with van der Waals surface area (Å²) in [6.07, 6.45) is 0.864. The molecule has 1 aromatic carbocycles. The van der Waals surface area contributed by atoms with Crippen molar-refractivity contribution in [2.24, 2.45) is 5.73 Å². The Hall–Kier alpha value is -1.88. The zero-order valence-corrected chi connectivity index (χ0v) is 10.5. The fraction of sp³-hybridized carbons (Fsp3) is 0.385. The lowest BCUT2D eigenvalue weighted by Crippen LogP contribution is -2.41. The molecule has 5 heteroatoms. The van der Waals surface area contributed by atoms with Crippen molar-refractivity contribution in [2.75, 3.05) is 13.1 Å². The third kappa shape index (κ3) is 4.55. The molecule has 1 aromatic rings. The van der Waals surface area contributed by atoms with Crippen LogP contribution in [0.15, 0.2) is 30.3 Å². The van der Waals surface area contributed by atoms with E-state index in [1.54, 1.807) is 12.1 Å².